The van der Waals surface area contributed by atoms with Gasteiger partial charge in [0.1, 0.15) is 6.34 Å². The number of unbranched alkanes of at least 4 members (excludes halogenated alkanes) is 1. The summed E-state index contributed by atoms with van der Waals surface area (Å²) in [5.74, 6) is 0. The van der Waals surface area contributed by atoms with Crippen molar-refractivity contribution >= 4 is 12.4 Å². The van der Waals surface area contributed by atoms with Gasteiger partial charge >= 0.3 is 6.09 Å². The molecule has 0 radical (unpaired) electrons. The lowest BCUT2D eigenvalue weighted by Gasteiger charge is -2.03. The normalized spacial score (nSPS) is 10.0. The minimum Gasteiger partial charge on any atom is -0.330 e. The van der Waals surface area contributed by atoms with Crippen LogP contribution in [0.15, 0.2) is 4.99 Å². The summed E-state index contributed by atoms with van der Waals surface area (Å²) in [5.41, 5.74) is 7.52. The Morgan fingerprint density at radius 2 is 2.38 bits per heavy atom. The maximum absolute atomic E-state index is 10.8. The summed E-state index contributed by atoms with van der Waals surface area (Å²) >= 11 is 0. The van der Waals surface area contributed by atoms with Crippen LogP contribution in [0.5, 0.6) is 0 Å². The van der Waals surface area contributed by atoms with Crippen LogP contribution in [0.25, 0.3) is 0 Å². The smallest absolute Gasteiger partial charge is 0.330 e. The third kappa shape index (κ3) is 8.61. The van der Waals surface area contributed by atoms with Crippen LogP contribution in [-0.2, 0) is 4.84 Å². The van der Waals surface area contributed by atoms with Gasteiger partial charge in [-0.25, -0.2) is 10.3 Å². The standard InChI is InChI=1S/C7H16N4O2/c1-9-6-11-13-7(12)10-5-3-2-4-8/h6H,2-5,8H2,1H3,(H,9,11)(H,10,12). The summed E-state index contributed by atoms with van der Waals surface area (Å²) in [6.07, 6.45) is 2.51. The number of rotatable bonds is 6. The van der Waals surface area contributed by atoms with Gasteiger partial charge in [-0.3, -0.25) is 4.99 Å². The molecule has 76 valence electrons. The van der Waals surface area contributed by atoms with E-state index in [-0.39, 0.29) is 0 Å². The maximum atomic E-state index is 10.8. The van der Waals surface area contributed by atoms with E-state index >= 15 is 0 Å². The Morgan fingerprint density at radius 3 is 3.00 bits per heavy atom. The molecule has 0 fully saturated rings. The van der Waals surface area contributed by atoms with Crippen LogP contribution >= 0.6 is 0 Å². The van der Waals surface area contributed by atoms with E-state index in [0.717, 1.165) is 12.8 Å². The van der Waals surface area contributed by atoms with Crippen molar-refractivity contribution in [3.63, 3.8) is 0 Å². The summed E-state index contributed by atoms with van der Waals surface area (Å²) in [5, 5.41) is 2.54. The fourth-order valence-corrected chi connectivity index (χ4v) is 0.628. The first kappa shape index (κ1) is 11.7. The Bertz CT molecular complexity index is 161. The first-order chi connectivity index (χ1) is 6.31. The summed E-state index contributed by atoms with van der Waals surface area (Å²) < 4.78 is 0. The number of aliphatic imine (C=N–C) groups is 1. The van der Waals surface area contributed by atoms with Crippen molar-refractivity contribution in [1.82, 2.24) is 10.8 Å². The number of hydrogen-bond donors (Lipinski definition) is 3. The van der Waals surface area contributed by atoms with E-state index in [4.69, 9.17) is 5.73 Å². The number of nitrogens with one attached hydrogen (secondary N) is 2. The molecule has 0 saturated carbocycles. The Kier molecular flexibility index (Phi) is 7.91. The van der Waals surface area contributed by atoms with Crippen LogP contribution in [0.3, 0.4) is 0 Å². The van der Waals surface area contributed by atoms with Crippen molar-refractivity contribution in [3.05, 3.63) is 0 Å². The molecule has 0 aliphatic carbocycles. The van der Waals surface area contributed by atoms with Crippen molar-refractivity contribution in [1.29, 1.82) is 0 Å². The van der Waals surface area contributed by atoms with Gasteiger partial charge in [-0.1, -0.05) is 0 Å². The number of carbonyl (C=O) groups is 1. The van der Waals surface area contributed by atoms with Gasteiger partial charge in [0.15, 0.2) is 0 Å². The van der Waals surface area contributed by atoms with E-state index in [1.807, 2.05) is 0 Å². The van der Waals surface area contributed by atoms with Crippen molar-refractivity contribution in [2.45, 2.75) is 12.8 Å². The molecule has 13 heavy (non-hydrogen) atoms. The van der Waals surface area contributed by atoms with Gasteiger partial charge in [-0.2, -0.15) is 0 Å². The molecule has 6 heteroatoms. The number of hydrogen-bond acceptors (Lipinski definition) is 4. The second kappa shape index (κ2) is 8.79. The van der Waals surface area contributed by atoms with E-state index in [1.54, 1.807) is 7.05 Å². The molecule has 0 spiro atoms. The minimum atomic E-state index is -0.517. The molecule has 4 N–H and O–H groups in total. The van der Waals surface area contributed by atoms with Gasteiger partial charge in [0.25, 0.3) is 0 Å². The quantitative estimate of drug-likeness (QED) is 0.229. The second-order valence-corrected chi connectivity index (χ2v) is 2.32. The zero-order valence-electron chi connectivity index (χ0n) is 7.75. The molecular weight excluding hydrogens is 172 g/mol. The molecule has 6 nitrogen and oxygen atoms in total. The van der Waals surface area contributed by atoms with Crippen molar-refractivity contribution < 1.29 is 9.63 Å². The second-order valence-electron chi connectivity index (χ2n) is 2.32. The third-order valence-corrected chi connectivity index (χ3v) is 1.23. The molecule has 0 aromatic heterocycles. The van der Waals surface area contributed by atoms with E-state index in [0.29, 0.717) is 13.1 Å². The first-order valence-electron chi connectivity index (χ1n) is 4.12. The molecule has 0 aromatic rings. The summed E-state index contributed by atoms with van der Waals surface area (Å²) in [4.78, 5) is 18.8. The van der Waals surface area contributed by atoms with Crippen LogP contribution in [0.4, 0.5) is 4.79 Å². The lowest BCUT2D eigenvalue weighted by atomic mass is 10.3. The lowest BCUT2D eigenvalue weighted by molar-refractivity contribution is 0.122. The van der Waals surface area contributed by atoms with Crippen molar-refractivity contribution in [2.75, 3.05) is 20.1 Å². The zero-order chi connectivity index (χ0) is 9.94. The monoisotopic (exact) mass is 188 g/mol. The molecule has 0 bridgehead atoms. The number of carbonyl (C=O) groups excluding carboxylic acids is 1. The van der Waals surface area contributed by atoms with Gasteiger partial charge in [-0.05, 0) is 19.4 Å². The predicted molar refractivity (Wildman–Crippen MR) is 50.3 cm³/mol. The molecule has 0 heterocycles. The summed E-state index contributed by atoms with van der Waals surface area (Å²) in [7, 11) is 1.56. The van der Waals surface area contributed by atoms with Crippen LogP contribution in [0, 0.1) is 0 Å². The Morgan fingerprint density at radius 1 is 1.62 bits per heavy atom. The number of amides is 1. The fraction of sp³-hybridized carbons (Fsp3) is 0.714. The average molecular weight is 188 g/mol. The highest BCUT2D eigenvalue weighted by Gasteiger charge is 1.98. The Hall–Kier alpha value is -1.30. The molecule has 0 rings (SSSR count). The Balaban J connectivity index is 3.20. The van der Waals surface area contributed by atoms with Crippen LogP contribution in [0.1, 0.15) is 12.8 Å². The molecule has 0 aliphatic rings. The van der Waals surface area contributed by atoms with Crippen LogP contribution in [-0.4, -0.2) is 32.6 Å². The zero-order valence-corrected chi connectivity index (χ0v) is 7.75. The van der Waals surface area contributed by atoms with Gasteiger partial charge in [0, 0.05) is 13.6 Å². The van der Waals surface area contributed by atoms with Crippen molar-refractivity contribution in [3.8, 4) is 0 Å². The Labute approximate surface area is 77.5 Å². The SMILES string of the molecule is CN=CNOC(=O)NCCCCN. The predicted octanol–water partition coefficient (Wildman–Crippen LogP) is -0.386. The topological polar surface area (TPSA) is 88.7 Å². The molecule has 0 saturated heterocycles. The molecule has 0 unspecified atom stereocenters. The number of hydroxylamine groups is 1. The molecule has 1 amide bonds. The highest BCUT2D eigenvalue weighted by atomic mass is 16.7. The average Bonchev–Trinajstić information content (AvgIpc) is 2.13. The first-order valence-corrected chi connectivity index (χ1v) is 4.12. The highest BCUT2D eigenvalue weighted by Crippen LogP contribution is 1.82. The van der Waals surface area contributed by atoms with E-state index in [1.165, 1.54) is 6.34 Å². The number of nitrogens with two attached hydrogens (primary N) is 1. The van der Waals surface area contributed by atoms with Gasteiger partial charge in [-0.15, -0.1) is 0 Å². The van der Waals surface area contributed by atoms with Gasteiger partial charge < -0.3 is 15.9 Å². The third-order valence-electron chi connectivity index (χ3n) is 1.23. The molecule has 0 aliphatic heterocycles. The van der Waals surface area contributed by atoms with E-state index in [9.17, 15) is 4.79 Å². The lowest BCUT2D eigenvalue weighted by Crippen LogP contribution is -2.30. The molecule has 0 atom stereocenters. The molecule has 0 aromatic carbocycles. The maximum Gasteiger partial charge on any atom is 0.431 e. The highest BCUT2D eigenvalue weighted by molar-refractivity contribution is 5.68. The van der Waals surface area contributed by atoms with Gasteiger partial charge in [0.2, 0.25) is 0 Å². The van der Waals surface area contributed by atoms with E-state index < -0.39 is 6.09 Å². The fourth-order valence-electron chi connectivity index (χ4n) is 0.628. The molecular formula is C7H16N4O2. The summed E-state index contributed by atoms with van der Waals surface area (Å²) in [6, 6.07) is 0. The van der Waals surface area contributed by atoms with Crippen LogP contribution < -0.4 is 16.5 Å². The van der Waals surface area contributed by atoms with Crippen molar-refractivity contribution in [2.24, 2.45) is 10.7 Å². The minimum absolute atomic E-state index is 0.517. The van der Waals surface area contributed by atoms with Gasteiger partial charge in [0.05, 0.1) is 0 Å². The van der Waals surface area contributed by atoms with E-state index in [2.05, 4.69) is 20.6 Å². The van der Waals surface area contributed by atoms with Crippen LogP contribution in [0.2, 0.25) is 0 Å². The summed E-state index contributed by atoms with van der Waals surface area (Å²) in [6.45, 7) is 1.21. The largest absolute Gasteiger partial charge is 0.431 e. The number of nitrogens with zero attached hydrogens (tertiary/aromatic N) is 1.